The Labute approximate surface area is 231 Å². The Kier molecular flexibility index (Phi) is 10.1. The van der Waals surface area contributed by atoms with Crippen molar-refractivity contribution in [1.82, 2.24) is 0 Å². The molecule has 0 spiro atoms. The van der Waals surface area contributed by atoms with Crippen molar-refractivity contribution in [3.05, 3.63) is 130 Å². The maximum absolute atomic E-state index is 13.2. The van der Waals surface area contributed by atoms with Gasteiger partial charge in [0.05, 0.1) is 24.3 Å². The summed E-state index contributed by atoms with van der Waals surface area (Å²) in [6.45, 7) is 5.34. The second kappa shape index (κ2) is 14.1. The molecule has 0 saturated carbocycles. The fraction of sp³-hybridized carbons (Fsp3) is 0.257. The predicted octanol–water partition coefficient (Wildman–Crippen LogP) is 8.10. The van der Waals surface area contributed by atoms with Crippen LogP contribution in [0.1, 0.15) is 82.5 Å². The number of hydrogen-bond acceptors (Lipinski definition) is 4. The summed E-state index contributed by atoms with van der Waals surface area (Å²) >= 11 is 0. The van der Waals surface area contributed by atoms with Crippen LogP contribution in [0.5, 0.6) is 11.5 Å². The van der Waals surface area contributed by atoms with E-state index in [1.165, 1.54) is 0 Å². The molecule has 0 unspecified atom stereocenters. The van der Waals surface area contributed by atoms with E-state index >= 15 is 0 Å². The van der Waals surface area contributed by atoms with Gasteiger partial charge in [0.25, 0.3) is 0 Å². The van der Waals surface area contributed by atoms with Crippen molar-refractivity contribution in [2.75, 3.05) is 13.2 Å². The van der Waals surface area contributed by atoms with Crippen LogP contribution < -0.4 is 9.47 Å². The summed E-state index contributed by atoms with van der Waals surface area (Å²) in [5.74, 6) is 1.10. The molecule has 4 nitrogen and oxygen atoms in total. The second-order valence-electron chi connectivity index (χ2n) is 9.63. The van der Waals surface area contributed by atoms with Crippen LogP contribution in [0.3, 0.4) is 0 Å². The zero-order chi connectivity index (χ0) is 27.5. The molecule has 39 heavy (non-hydrogen) atoms. The van der Waals surface area contributed by atoms with Gasteiger partial charge in [-0.1, -0.05) is 99.5 Å². The Morgan fingerprint density at radius 2 is 0.974 bits per heavy atom. The molecule has 4 aromatic carbocycles. The fourth-order valence-electron chi connectivity index (χ4n) is 4.35. The molecular formula is C35H36O4. The standard InChI is InChI=1S/C35H36O4/c1-3-5-21-38-32-24-26(17-19-30(32)34(36)28-13-9-7-10-14-28)23-27-18-20-31(33(25-27)39-22-6-4-2)35(37)29-15-11-8-12-16-29/h7-20,24-25H,3-6,21-23H2,1-2H3. The molecule has 0 N–H and O–H groups in total. The summed E-state index contributed by atoms with van der Waals surface area (Å²) in [5.41, 5.74) is 4.44. The third kappa shape index (κ3) is 7.44. The van der Waals surface area contributed by atoms with Gasteiger partial charge < -0.3 is 9.47 Å². The van der Waals surface area contributed by atoms with Gasteiger partial charge in [-0.2, -0.15) is 0 Å². The Bertz CT molecular complexity index is 1270. The number of carbonyl (C=O) groups is 2. The zero-order valence-electron chi connectivity index (χ0n) is 22.8. The molecule has 0 atom stereocenters. The van der Waals surface area contributed by atoms with Gasteiger partial charge in [-0.05, 0) is 54.7 Å². The van der Waals surface area contributed by atoms with Crippen LogP contribution in [0, 0.1) is 0 Å². The van der Waals surface area contributed by atoms with Crippen LogP contribution in [-0.2, 0) is 6.42 Å². The number of ether oxygens (including phenoxy) is 2. The fourth-order valence-corrected chi connectivity index (χ4v) is 4.35. The van der Waals surface area contributed by atoms with Gasteiger partial charge in [-0.3, -0.25) is 9.59 Å². The first-order valence-electron chi connectivity index (χ1n) is 13.8. The predicted molar refractivity (Wildman–Crippen MR) is 156 cm³/mol. The third-order valence-electron chi connectivity index (χ3n) is 6.57. The Morgan fingerprint density at radius 1 is 0.564 bits per heavy atom. The monoisotopic (exact) mass is 520 g/mol. The maximum Gasteiger partial charge on any atom is 0.196 e. The van der Waals surface area contributed by atoms with Gasteiger partial charge in [0, 0.05) is 11.1 Å². The van der Waals surface area contributed by atoms with Gasteiger partial charge in [0.1, 0.15) is 11.5 Å². The van der Waals surface area contributed by atoms with Gasteiger partial charge in [0.15, 0.2) is 11.6 Å². The molecule has 0 aliphatic carbocycles. The third-order valence-corrected chi connectivity index (χ3v) is 6.57. The number of rotatable bonds is 14. The van der Waals surface area contributed by atoms with E-state index in [2.05, 4.69) is 13.8 Å². The molecule has 0 aromatic heterocycles. The summed E-state index contributed by atoms with van der Waals surface area (Å²) in [6, 6.07) is 30.2. The van der Waals surface area contributed by atoms with E-state index in [9.17, 15) is 9.59 Å². The molecule has 4 aromatic rings. The Balaban J connectivity index is 1.62. The van der Waals surface area contributed by atoms with Crippen LogP contribution in [0.15, 0.2) is 97.1 Å². The van der Waals surface area contributed by atoms with Gasteiger partial charge in [-0.25, -0.2) is 0 Å². The van der Waals surface area contributed by atoms with Gasteiger partial charge >= 0.3 is 0 Å². The lowest BCUT2D eigenvalue weighted by molar-refractivity contribution is 0.102. The molecule has 0 heterocycles. The number of ketones is 2. The molecule has 4 rings (SSSR count). The zero-order valence-corrected chi connectivity index (χ0v) is 22.8. The molecule has 200 valence electrons. The smallest absolute Gasteiger partial charge is 0.196 e. The highest BCUT2D eigenvalue weighted by Gasteiger charge is 2.18. The quantitative estimate of drug-likeness (QED) is 0.125. The Hall–Kier alpha value is -4.18. The van der Waals surface area contributed by atoms with Gasteiger partial charge in [-0.15, -0.1) is 0 Å². The number of hydrogen-bond donors (Lipinski definition) is 0. The van der Waals surface area contributed by atoms with Crippen LogP contribution in [0.2, 0.25) is 0 Å². The second-order valence-corrected chi connectivity index (χ2v) is 9.63. The lowest BCUT2D eigenvalue weighted by atomic mass is 9.96. The lowest BCUT2D eigenvalue weighted by Gasteiger charge is -2.15. The molecule has 0 saturated heterocycles. The van der Waals surface area contributed by atoms with E-state index < -0.39 is 0 Å². The molecule has 0 fully saturated rings. The van der Waals surface area contributed by atoms with Crippen molar-refractivity contribution in [3.8, 4) is 11.5 Å². The molecule has 0 aliphatic rings. The van der Waals surface area contributed by atoms with Gasteiger partial charge in [0.2, 0.25) is 0 Å². The summed E-state index contributed by atoms with van der Waals surface area (Å²) < 4.78 is 12.2. The Morgan fingerprint density at radius 3 is 1.36 bits per heavy atom. The molecule has 0 aliphatic heterocycles. The van der Waals surface area contributed by atoms with Crippen molar-refractivity contribution in [1.29, 1.82) is 0 Å². The minimum absolute atomic E-state index is 0.0518. The summed E-state index contributed by atoms with van der Waals surface area (Å²) in [5, 5.41) is 0. The van der Waals surface area contributed by atoms with Crippen molar-refractivity contribution in [2.45, 2.75) is 46.0 Å². The van der Waals surface area contributed by atoms with E-state index in [0.29, 0.717) is 53.4 Å². The molecule has 4 heteroatoms. The summed E-state index contributed by atoms with van der Waals surface area (Å²) in [6.07, 6.45) is 4.47. The summed E-state index contributed by atoms with van der Waals surface area (Å²) in [4.78, 5) is 26.5. The highest BCUT2D eigenvalue weighted by Crippen LogP contribution is 2.28. The average molecular weight is 521 g/mol. The van der Waals surface area contributed by atoms with E-state index in [-0.39, 0.29) is 11.6 Å². The van der Waals surface area contributed by atoms with Crippen molar-refractivity contribution >= 4 is 11.6 Å². The van der Waals surface area contributed by atoms with E-state index in [1.54, 1.807) is 0 Å². The molecular weight excluding hydrogens is 484 g/mol. The van der Waals surface area contributed by atoms with E-state index in [0.717, 1.165) is 36.8 Å². The maximum atomic E-state index is 13.2. The van der Waals surface area contributed by atoms with Crippen molar-refractivity contribution in [3.63, 3.8) is 0 Å². The molecule has 0 bridgehead atoms. The molecule has 0 amide bonds. The van der Waals surface area contributed by atoms with Crippen molar-refractivity contribution in [2.24, 2.45) is 0 Å². The van der Waals surface area contributed by atoms with Crippen LogP contribution in [0.25, 0.3) is 0 Å². The summed E-state index contributed by atoms with van der Waals surface area (Å²) in [7, 11) is 0. The molecule has 0 radical (unpaired) electrons. The number of carbonyl (C=O) groups excluding carboxylic acids is 2. The highest BCUT2D eigenvalue weighted by atomic mass is 16.5. The minimum Gasteiger partial charge on any atom is -0.493 e. The largest absolute Gasteiger partial charge is 0.493 e. The van der Waals surface area contributed by atoms with Crippen molar-refractivity contribution < 1.29 is 19.1 Å². The first kappa shape index (κ1) is 27.8. The first-order chi connectivity index (χ1) is 19.1. The average Bonchev–Trinajstić information content (AvgIpc) is 2.98. The normalized spacial score (nSPS) is 10.7. The first-order valence-corrected chi connectivity index (χ1v) is 13.8. The number of benzene rings is 4. The topological polar surface area (TPSA) is 52.6 Å². The van der Waals surface area contributed by atoms with E-state index in [1.807, 2.05) is 97.1 Å². The van der Waals surface area contributed by atoms with E-state index in [4.69, 9.17) is 9.47 Å². The minimum atomic E-state index is -0.0518. The lowest BCUT2D eigenvalue weighted by Crippen LogP contribution is -2.08. The van der Waals surface area contributed by atoms with Crippen LogP contribution >= 0.6 is 0 Å². The van der Waals surface area contributed by atoms with Crippen LogP contribution in [-0.4, -0.2) is 24.8 Å². The highest BCUT2D eigenvalue weighted by molar-refractivity contribution is 6.11. The number of unbranched alkanes of at least 4 members (excludes halogenated alkanes) is 2. The van der Waals surface area contributed by atoms with Crippen LogP contribution in [0.4, 0.5) is 0 Å². The SMILES string of the molecule is CCCCOc1cc(Cc2ccc(C(=O)c3ccccc3)c(OCCCC)c2)ccc1C(=O)c1ccccc1.